The van der Waals surface area contributed by atoms with E-state index in [1.807, 2.05) is 30.3 Å². The maximum absolute atomic E-state index is 12.2. The quantitative estimate of drug-likeness (QED) is 0.810. The number of halogens is 2. The van der Waals surface area contributed by atoms with Gasteiger partial charge in [0.2, 0.25) is 0 Å². The number of ether oxygens (including phenoxy) is 1. The monoisotopic (exact) mass is 323 g/mol. The zero-order valence-corrected chi connectivity index (χ0v) is 13.0. The Kier molecular flexibility index (Phi) is 5.48. The molecule has 0 heterocycles. The van der Waals surface area contributed by atoms with Crippen molar-refractivity contribution < 1.29 is 9.53 Å². The summed E-state index contributed by atoms with van der Waals surface area (Å²) in [7, 11) is 0. The van der Waals surface area contributed by atoms with E-state index in [4.69, 9.17) is 27.9 Å². The smallest absolute Gasteiger partial charge is 0.333 e. The number of carbonyl (C=O) groups is 1. The molecule has 0 amide bonds. The lowest BCUT2D eigenvalue weighted by Crippen LogP contribution is -2.23. The van der Waals surface area contributed by atoms with Crippen LogP contribution in [0.1, 0.15) is 18.5 Å². The average molecular weight is 324 g/mol. The first kappa shape index (κ1) is 15.7. The van der Waals surface area contributed by atoms with Gasteiger partial charge in [-0.15, -0.1) is 0 Å². The number of anilines is 1. The van der Waals surface area contributed by atoms with Gasteiger partial charge < -0.3 is 10.1 Å². The minimum atomic E-state index is -0.710. The molecule has 0 saturated heterocycles. The lowest BCUT2D eigenvalue weighted by Gasteiger charge is -2.20. The van der Waals surface area contributed by atoms with Crippen LogP contribution in [0.4, 0.5) is 5.69 Å². The minimum absolute atomic E-state index is 0.296. The van der Waals surface area contributed by atoms with Gasteiger partial charge >= 0.3 is 5.97 Å². The number of carbonyl (C=O) groups excluding carboxylic acids is 1. The topological polar surface area (TPSA) is 38.3 Å². The van der Waals surface area contributed by atoms with Crippen LogP contribution in [0.5, 0.6) is 0 Å². The van der Waals surface area contributed by atoms with E-state index in [1.54, 1.807) is 25.1 Å². The fourth-order valence-corrected chi connectivity index (χ4v) is 2.33. The normalized spacial score (nSPS) is 11.8. The second-order valence-corrected chi connectivity index (χ2v) is 5.20. The number of benzene rings is 2. The number of hydrogen-bond donors (Lipinski definition) is 1. The van der Waals surface area contributed by atoms with E-state index in [2.05, 4.69) is 5.32 Å². The maximum Gasteiger partial charge on any atom is 0.333 e. The molecule has 2 aromatic rings. The van der Waals surface area contributed by atoms with Crippen LogP contribution in [0.15, 0.2) is 48.5 Å². The number of para-hydroxylation sites is 1. The number of rotatable bonds is 5. The molecule has 1 N–H and O–H groups in total. The van der Waals surface area contributed by atoms with Crippen LogP contribution in [0.2, 0.25) is 10.0 Å². The van der Waals surface area contributed by atoms with Gasteiger partial charge in [0.15, 0.2) is 6.04 Å². The van der Waals surface area contributed by atoms with Gasteiger partial charge in [0.1, 0.15) is 0 Å². The summed E-state index contributed by atoms with van der Waals surface area (Å²) >= 11 is 12.2. The third-order valence-electron chi connectivity index (χ3n) is 2.88. The van der Waals surface area contributed by atoms with Crippen LogP contribution in [0.25, 0.3) is 0 Å². The predicted octanol–water partition coefficient (Wildman–Crippen LogP) is 4.71. The summed E-state index contributed by atoms with van der Waals surface area (Å²) in [5.41, 5.74) is 1.39. The number of esters is 1. The molecular formula is C16H15Cl2NO2. The molecule has 21 heavy (non-hydrogen) atoms. The van der Waals surface area contributed by atoms with Crippen LogP contribution in [-0.4, -0.2) is 12.6 Å². The summed E-state index contributed by atoms with van der Waals surface area (Å²) in [5, 5.41) is 4.10. The fraction of sp³-hybridized carbons (Fsp3) is 0.188. The Morgan fingerprint density at radius 1 is 1.19 bits per heavy atom. The van der Waals surface area contributed by atoms with E-state index >= 15 is 0 Å². The molecule has 0 aliphatic carbocycles. The maximum atomic E-state index is 12.2. The van der Waals surface area contributed by atoms with Gasteiger partial charge in [0.05, 0.1) is 6.61 Å². The van der Waals surface area contributed by atoms with E-state index in [1.165, 1.54) is 0 Å². The average Bonchev–Trinajstić information content (AvgIpc) is 2.49. The third-order valence-corrected chi connectivity index (χ3v) is 3.46. The molecule has 0 fully saturated rings. The van der Waals surface area contributed by atoms with Gasteiger partial charge in [-0.25, -0.2) is 4.79 Å². The van der Waals surface area contributed by atoms with Crippen molar-refractivity contribution >= 4 is 34.9 Å². The summed E-state index contributed by atoms with van der Waals surface area (Å²) in [5.74, 6) is -0.398. The Labute approximate surface area is 133 Å². The molecule has 1 atom stereocenters. The Morgan fingerprint density at radius 3 is 2.57 bits per heavy atom. The molecule has 3 nitrogen and oxygen atoms in total. The molecule has 2 rings (SSSR count). The fourth-order valence-electron chi connectivity index (χ4n) is 1.93. The zero-order chi connectivity index (χ0) is 15.2. The first-order chi connectivity index (χ1) is 10.1. The van der Waals surface area contributed by atoms with Crippen molar-refractivity contribution in [3.05, 3.63) is 64.1 Å². The first-order valence-corrected chi connectivity index (χ1v) is 7.30. The highest BCUT2D eigenvalue weighted by atomic mass is 35.5. The molecule has 2 aromatic carbocycles. The Balaban J connectivity index is 2.36. The van der Waals surface area contributed by atoms with Crippen LogP contribution < -0.4 is 5.32 Å². The standard InChI is InChI=1S/C16H15Cl2NO2/c1-2-21-16(20)15(19-12-6-4-3-5-7-12)13-10-11(17)8-9-14(13)18/h3-10,15,19H,2H2,1H3. The number of nitrogens with one attached hydrogen (secondary N) is 1. The van der Waals surface area contributed by atoms with Gasteiger partial charge in [0, 0.05) is 21.3 Å². The van der Waals surface area contributed by atoms with E-state index < -0.39 is 12.0 Å². The molecule has 0 saturated carbocycles. The molecule has 0 radical (unpaired) electrons. The Morgan fingerprint density at radius 2 is 1.90 bits per heavy atom. The summed E-state index contributed by atoms with van der Waals surface area (Å²) in [4.78, 5) is 12.2. The molecule has 0 aliphatic rings. The molecule has 5 heteroatoms. The lowest BCUT2D eigenvalue weighted by atomic mass is 10.1. The van der Waals surface area contributed by atoms with E-state index in [-0.39, 0.29) is 0 Å². The molecule has 0 aromatic heterocycles. The van der Waals surface area contributed by atoms with Crippen molar-refractivity contribution in [1.29, 1.82) is 0 Å². The van der Waals surface area contributed by atoms with Gasteiger partial charge in [-0.2, -0.15) is 0 Å². The van der Waals surface area contributed by atoms with Gasteiger partial charge in [-0.3, -0.25) is 0 Å². The summed E-state index contributed by atoms with van der Waals surface area (Å²) < 4.78 is 5.12. The molecule has 0 aliphatic heterocycles. The van der Waals surface area contributed by atoms with Crippen molar-refractivity contribution in [2.75, 3.05) is 11.9 Å². The van der Waals surface area contributed by atoms with E-state index in [9.17, 15) is 4.79 Å². The summed E-state index contributed by atoms with van der Waals surface area (Å²) in [6.45, 7) is 2.06. The zero-order valence-electron chi connectivity index (χ0n) is 11.5. The van der Waals surface area contributed by atoms with E-state index in [0.717, 1.165) is 5.69 Å². The van der Waals surface area contributed by atoms with Crippen LogP contribution in [-0.2, 0) is 9.53 Å². The minimum Gasteiger partial charge on any atom is -0.464 e. The molecule has 1 unspecified atom stereocenters. The van der Waals surface area contributed by atoms with Gasteiger partial charge in [-0.05, 0) is 37.3 Å². The molecule has 110 valence electrons. The summed E-state index contributed by atoms with van der Waals surface area (Å²) in [6.07, 6.45) is 0. The molecular weight excluding hydrogens is 309 g/mol. The largest absolute Gasteiger partial charge is 0.464 e. The second kappa shape index (κ2) is 7.34. The van der Waals surface area contributed by atoms with Gasteiger partial charge in [-0.1, -0.05) is 41.4 Å². The van der Waals surface area contributed by atoms with Crippen LogP contribution in [0.3, 0.4) is 0 Å². The van der Waals surface area contributed by atoms with Crippen molar-refractivity contribution in [2.24, 2.45) is 0 Å². The highest BCUT2D eigenvalue weighted by Crippen LogP contribution is 2.29. The Hall–Kier alpha value is -1.71. The van der Waals surface area contributed by atoms with E-state index in [0.29, 0.717) is 22.2 Å². The third kappa shape index (κ3) is 4.13. The highest BCUT2D eigenvalue weighted by molar-refractivity contribution is 6.33. The van der Waals surface area contributed by atoms with Crippen molar-refractivity contribution in [3.63, 3.8) is 0 Å². The highest BCUT2D eigenvalue weighted by Gasteiger charge is 2.24. The first-order valence-electron chi connectivity index (χ1n) is 6.55. The summed E-state index contributed by atoms with van der Waals surface area (Å²) in [6, 6.07) is 13.7. The molecule has 0 bridgehead atoms. The van der Waals surface area contributed by atoms with Crippen molar-refractivity contribution in [2.45, 2.75) is 13.0 Å². The molecule has 0 spiro atoms. The van der Waals surface area contributed by atoms with Crippen molar-refractivity contribution in [3.8, 4) is 0 Å². The Bertz CT molecular complexity index is 617. The van der Waals surface area contributed by atoms with Gasteiger partial charge in [0.25, 0.3) is 0 Å². The van der Waals surface area contributed by atoms with Crippen molar-refractivity contribution in [1.82, 2.24) is 0 Å². The second-order valence-electron chi connectivity index (χ2n) is 4.36. The predicted molar refractivity (Wildman–Crippen MR) is 85.9 cm³/mol. The number of hydrogen-bond acceptors (Lipinski definition) is 3. The lowest BCUT2D eigenvalue weighted by molar-refractivity contribution is -0.144. The van der Waals surface area contributed by atoms with Crippen LogP contribution in [0, 0.1) is 0 Å². The SMILES string of the molecule is CCOC(=O)C(Nc1ccccc1)c1cc(Cl)ccc1Cl. The van der Waals surface area contributed by atoms with Crippen LogP contribution >= 0.6 is 23.2 Å².